The van der Waals surface area contributed by atoms with Crippen molar-refractivity contribution in [3.05, 3.63) is 56.1 Å². The maximum Gasteiger partial charge on any atom is 0.353 e. The van der Waals surface area contributed by atoms with Crippen LogP contribution in [0.1, 0.15) is 24.4 Å². The molecule has 0 spiro atoms. The van der Waals surface area contributed by atoms with Gasteiger partial charge in [0.15, 0.2) is 0 Å². The molecule has 21 heavy (non-hydrogen) atoms. The third-order valence-electron chi connectivity index (χ3n) is 3.84. The van der Waals surface area contributed by atoms with Crippen molar-refractivity contribution in [2.75, 3.05) is 6.54 Å². The predicted molar refractivity (Wildman–Crippen MR) is 77.2 cm³/mol. The summed E-state index contributed by atoms with van der Waals surface area (Å²) in [4.78, 5) is 21.1. The molecule has 7 nitrogen and oxygen atoms in total. The highest BCUT2D eigenvalue weighted by molar-refractivity contribution is 5.97. The van der Waals surface area contributed by atoms with Gasteiger partial charge in [-0.15, -0.1) is 0 Å². The maximum atomic E-state index is 11.3. The summed E-state index contributed by atoms with van der Waals surface area (Å²) in [6.45, 7) is 0.851. The average molecular weight is 287 g/mol. The van der Waals surface area contributed by atoms with Crippen molar-refractivity contribution in [2.45, 2.75) is 18.9 Å². The Morgan fingerprint density at radius 2 is 1.81 bits per heavy atom. The molecule has 1 atom stereocenters. The van der Waals surface area contributed by atoms with Crippen molar-refractivity contribution in [2.24, 2.45) is 0 Å². The summed E-state index contributed by atoms with van der Waals surface area (Å²) < 4.78 is 0. The van der Waals surface area contributed by atoms with Crippen molar-refractivity contribution in [1.82, 2.24) is 5.32 Å². The van der Waals surface area contributed by atoms with Gasteiger partial charge in [0, 0.05) is 12.1 Å². The average Bonchev–Trinajstić information content (AvgIpc) is 2.99. The van der Waals surface area contributed by atoms with Gasteiger partial charge in [0.25, 0.3) is 0 Å². The van der Waals surface area contributed by atoms with Crippen LogP contribution in [0.3, 0.4) is 0 Å². The smallest absolute Gasteiger partial charge is 0.310 e. The topological polar surface area (TPSA) is 98.3 Å². The summed E-state index contributed by atoms with van der Waals surface area (Å²) in [5.41, 5.74) is -0.111. The van der Waals surface area contributed by atoms with Gasteiger partial charge in [-0.05, 0) is 36.4 Å². The molecule has 7 heteroatoms. The Bertz CT molecular complexity index is 738. The molecular formula is C14H13N3O4. The van der Waals surface area contributed by atoms with Gasteiger partial charge in [0.1, 0.15) is 0 Å². The van der Waals surface area contributed by atoms with Gasteiger partial charge < -0.3 is 5.32 Å². The van der Waals surface area contributed by atoms with Crippen molar-refractivity contribution in [1.29, 1.82) is 0 Å². The van der Waals surface area contributed by atoms with Crippen LogP contribution in [0.2, 0.25) is 0 Å². The Labute approximate surface area is 119 Å². The molecule has 0 bridgehead atoms. The fourth-order valence-electron chi connectivity index (χ4n) is 2.94. The van der Waals surface area contributed by atoms with E-state index in [0.29, 0.717) is 10.8 Å². The van der Waals surface area contributed by atoms with E-state index in [9.17, 15) is 20.2 Å². The van der Waals surface area contributed by atoms with Crippen LogP contribution in [0.25, 0.3) is 10.8 Å². The summed E-state index contributed by atoms with van der Waals surface area (Å²) in [5, 5.41) is 26.8. The highest BCUT2D eigenvalue weighted by Crippen LogP contribution is 2.40. The number of benzene rings is 2. The zero-order chi connectivity index (χ0) is 15.0. The van der Waals surface area contributed by atoms with E-state index in [0.717, 1.165) is 24.9 Å². The van der Waals surface area contributed by atoms with Crippen LogP contribution in [0, 0.1) is 20.2 Å². The van der Waals surface area contributed by atoms with E-state index in [4.69, 9.17) is 0 Å². The molecule has 0 saturated carbocycles. The van der Waals surface area contributed by atoms with Gasteiger partial charge in [0.05, 0.1) is 15.2 Å². The molecule has 108 valence electrons. The standard InChI is InChI=1S/C14H13N3O4/c18-16(19)13-8-11(12-6-3-7-15-12)9-4-1-2-5-10(9)14(13)17(20)21/h1-2,4-5,8,12,15H,3,6-7H2. The molecule has 0 aliphatic carbocycles. The van der Waals surface area contributed by atoms with Crippen molar-refractivity contribution < 1.29 is 9.85 Å². The summed E-state index contributed by atoms with van der Waals surface area (Å²) >= 11 is 0. The van der Waals surface area contributed by atoms with Crippen molar-refractivity contribution in [3.8, 4) is 0 Å². The van der Waals surface area contributed by atoms with E-state index in [1.807, 2.05) is 0 Å². The molecule has 0 amide bonds. The number of fused-ring (bicyclic) bond motifs is 1. The van der Waals surface area contributed by atoms with Crippen LogP contribution in [0.5, 0.6) is 0 Å². The lowest BCUT2D eigenvalue weighted by molar-refractivity contribution is -0.421. The van der Waals surface area contributed by atoms with E-state index in [-0.39, 0.29) is 6.04 Å². The first kappa shape index (κ1) is 13.4. The number of nitro benzene ring substituents is 2. The Morgan fingerprint density at radius 3 is 2.38 bits per heavy atom. The molecule has 1 N–H and O–H groups in total. The molecule has 1 fully saturated rings. The molecule has 0 radical (unpaired) electrons. The first-order valence-electron chi connectivity index (χ1n) is 6.67. The first-order valence-corrected chi connectivity index (χ1v) is 6.67. The minimum absolute atomic E-state index is 0.00871. The predicted octanol–water partition coefficient (Wildman–Crippen LogP) is 3.08. The molecule has 0 aromatic heterocycles. The van der Waals surface area contributed by atoms with Crippen molar-refractivity contribution >= 4 is 22.1 Å². The number of rotatable bonds is 3. The highest BCUT2D eigenvalue weighted by atomic mass is 16.6. The minimum Gasteiger partial charge on any atom is -0.310 e. The Hall–Kier alpha value is -2.54. The van der Waals surface area contributed by atoms with Gasteiger partial charge in [-0.3, -0.25) is 20.2 Å². The lowest BCUT2D eigenvalue weighted by Gasteiger charge is -2.14. The van der Waals surface area contributed by atoms with E-state index >= 15 is 0 Å². The Balaban J connectivity index is 2.36. The summed E-state index contributed by atoms with van der Waals surface area (Å²) in [6, 6.07) is 8.15. The molecule has 3 rings (SSSR count). The quantitative estimate of drug-likeness (QED) is 0.691. The van der Waals surface area contributed by atoms with Crippen LogP contribution in [0.4, 0.5) is 11.4 Å². The zero-order valence-electron chi connectivity index (χ0n) is 11.1. The van der Waals surface area contributed by atoms with Gasteiger partial charge in [-0.1, -0.05) is 18.2 Å². The Morgan fingerprint density at radius 1 is 1.10 bits per heavy atom. The SMILES string of the molecule is O=[N+]([O-])c1cc(C2CCCN2)c2ccccc2c1[N+](=O)[O-]. The van der Waals surface area contributed by atoms with Crippen molar-refractivity contribution in [3.63, 3.8) is 0 Å². The van der Waals surface area contributed by atoms with E-state index in [1.54, 1.807) is 24.3 Å². The normalized spacial score (nSPS) is 18.0. The van der Waals surface area contributed by atoms with Gasteiger partial charge in [-0.2, -0.15) is 0 Å². The second-order valence-corrected chi connectivity index (χ2v) is 5.04. The number of nitrogens with one attached hydrogen (secondary N) is 1. The molecule has 2 aromatic rings. The second kappa shape index (κ2) is 5.10. The number of hydrogen-bond acceptors (Lipinski definition) is 5. The lowest BCUT2D eigenvalue weighted by atomic mass is 9.95. The fraction of sp³-hybridized carbons (Fsp3) is 0.286. The van der Waals surface area contributed by atoms with Crippen LogP contribution in [-0.4, -0.2) is 16.4 Å². The highest BCUT2D eigenvalue weighted by Gasteiger charge is 2.31. The van der Waals surface area contributed by atoms with Crippen LogP contribution < -0.4 is 5.32 Å². The molecule has 1 aliphatic heterocycles. The van der Waals surface area contributed by atoms with E-state index in [2.05, 4.69) is 5.32 Å². The molecule has 1 unspecified atom stereocenters. The van der Waals surface area contributed by atoms with Gasteiger partial charge >= 0.3 is 11.4 Å². The van der Waals surface area contributed by atoms with E-state index < -0.39 is 21.2 Å². The molecule has 2 aromatic carbocycles. The largest absolute Gasteiger partial charge is 0.353 e. The van der Waals surface area contributed by atoms with Crippen LogP contribution in [0.15, 0.2) is 30.3 Å². The maximum absolute atomic E-state index is 11.3. The van der Waals surface area contributed by atoms with Crippen LogP contribution >= 0.6 is 0 Å². The summed E-state index contributed by atoms with van der Waals surface area (Å²) in [6.07, 6.45) is 1.86. The zero-order valence-corrected chi connectivity index (χ0v) is 11.1. The first-order chi connectivity index (χ1) is 10.1. The minimum atomic E-state index is -0.678. The number of nitrogens with zero attached hydrogens (tertiary/aromatic N) is 2. The van der Waals surface area contributed by atoms with Gasteiger partial charge in [0.2, 0.25) is 0 Å². The lowest BCUT2D eigenvalue weighted by Crippen LogP contribution is -2.14. The molecule has 1 saturated heterocycles. The third kappa shape index (κ3) is 2.21. The third-order valence-corrected chi connectivity index (χ3v) is 3.84. The number of nitro groups is 2. The number of hydrogen-bond donors (Lipinski definition) is 1. The van der Waals surface area contributed by atoms with E-state index in [1.165, 1.54) is 6.07 Å². The summed E-state index contributed by atoms with van der Waals surface area (Å²) in [5.74, 6) is 0. The molecule has 1 aliphatic rings. The van der Waals surface area contributed by atoms with Gasteiger partial charge in [-0.25, -0.2) is 0 Å². The monoisotopic (exact) mass is 287 g/mol. The Kier molecular flexibility index (Phi) is 3.26. The second-order valence-electron chi connectivity index (χ2n) is 5.04. The van der Waals surface area contributed by atoms with Crippen LogP contribution in [-0.2, 0) is 0 Å². The molecule has 1 heterocycles. The summed E-state index contributed by atoms with van der Waals surface area (Å²) in [7, 11) is 0. The fourth-order valence-corrected chi connectivity index (χ4v) is 2.94. The molecular weight excluding hydrogens is 274 g/mol.